The van der Waals surface area contributed by atoms with Crippen LogP contribution in [0.15, 0.2) is 36.9 Å². The van der Waals surface area contributed by atoms with Crippen LogP contribution in [0, 0.1) is 0 Å². The van der Waals surface area contributed by atoms with Gasteiger partial charge in [0.1, 0.15) is 0 Å². The van der Waals surface area contributed by atoms with Crippen LogP contribution in [-0.2, 0) is 0 Å². The summed E-state index contributed by atoms with van der Waals surface area (Å²) >= 11 is 0. The van der Waals surface area contributed by atoms with Gasteiger partial charge in [-0.3, -0.25) is 9.97 Å². The van der Waals surface area contributed by atoms with Crippen molar-refractivity contribution in [3.8, 4) is 0 Å². The van der Waals surface area contributed by atoms with Gasteiger partial charge < -0.3 is 0 Å². The third-order valence-corrected chi connectivity index (χ3v) is 1.94. The highest BCUT2D eigenvalue weighted by Crippen LogP contribution is 2.07. The molecule has 2 aromatic heterocycles. The molecule has 2 rings (SSSR count). The molecule has 0 saturated heterocycles. The van der Waals surface area contributed by atoms with Crippen molar-refractivity contribution in [3.05, 3.63) is 36.9 Å². The smallest absolute Gasteiger partial charge is 0.0347 e. The van der Waals surface area contributed by atoms with E-state index in [1.165, 1.54) is 12.8 Å². The number of halogens is 1. The Morgan fingerprint density at radius 3 is 1.47 bits per heavy atom. The molecule has 3 heteroatoms. The summed E-state index contributed by atoms with van der Waals surface area (Å²) in [6.07, 6.45) is 9.84. The molecule has 0 aliphatic rings. The number of hydrogen-bond donors (Lipinski definition) is 0. The molecule has 2 heterocycles. The molecule has 0 N–H and O–H groups in total. The molecule has 0 spiro atoms. The predicted molar refractivity (Wildman–Crippen MR) is 86.9 cm³/mol. The molecule has 0 amide bonds. The first-order chi connectivity index (χ1) is 7.88. The molecule has 17 heavy (non-hydrogen) atoms. The van der Waals surface area contributed by atoms with E-state index in [0.717, 1.165) is 10.8 Å². The molecule has 0 aliphatic carbocycles. The molecule has 96 valence electrons. The summed E-state index contributed by atoms with van der Waals surface area (Å²) in [6, 6.07) is 3.89. The van der Waals surface area contributed by atoms with Crippen molar-refractivity contribution in [1.29, 1.82) is 0 Å². The zero-order chi connectivity index (χ0) is 12.2. The van der Waals surface area contributed by atoms with Crippen LogP contribution in [0.25, 0.3) is 10.8 Å². The summed E-state index contributed by atoms with van der Waals surface area (Å²) in [5.74, 6) is 0. The molecule has 0 saturated carbocycles. The number of unbranched alkanes of at least 4 members (excludes halogenated alkanes) is 1. The number of nitrogens with zero attached hydrogens (tertiary/aromatic N) is 2. The summed E-state index contributed by atoms with van der Waals surface area (Å²) in [5.41, 5.74) is 0. The first-order valence-corrected chi connectivity index (χ1v) is 6.02. The molecular formula is C14H23IN2. The molecule has 0 atom stereocenters. The van der Waals surface area contributed by atoms with Crippen molar-refractivity contribution in [1.82, 2.24) is 9.97 Å². The molecule has 0 unspecified atom stereocenters. The molecule has 2 aromatic rings. The minimum absolute atomic E-state index is 0. The van der Waals surface area contributed by atoms with Crippen LogP contribution in [0.2, 0.25) is 0 Å². The minimum atomic E-state index is 0. The average Bonchev–Trinajstić information content (AvgIpc) is 2.41. The van der Waals surface area contributed by atoms with E-state index in [-0.39, 0.29) is 24.0 Å². The van der Waals surface area contributed by atoms with E-state index in [2.05, 4.69) is 23.8 Å². The second-order valence-corrected chi connectivity index (χ2v) is 3.10. The zero-order valence-electron chi connectivity index (χ0n) is 11.2. The predicted octanol–water partition coefficient (Wildman–Crippen LogP) is 5.08. The number of rotatable bonds is 1. The van der Waals surface area contributed by atoms with E-state index < -0.39 is 0 Å². The topological polar surface area (TPSA) is 25.8 Å². The van der Waals surface area contributed by atoms with E-state index >= 15 is 0 Å². The van der Waals surface area contributed by atoms with Gasteiger partial charge in [-0.2, -0.15) is 0 Å². The fourth-order valence-electron chi connectivity index (χ4n) is 0.921. The van der Waals surface area contributed by atoms with Crippen molar-refractivity contribution in [2.45, 2.75) is 40.5 Å². The second kappa shape index (κ2) is 13.4. The van der Waals surface area contributed by atoms with Gasteiger partial charge in [-0.05, 0) is 12.1 Å². The lowest BCUT2D eigenvalue weighted by atomic mass is 10.2. The van der Waals surface area contributed by atoms with Gasteiger partial charge in [0.25, 0.3) is 0 Å². The van der Waals surface area contributed by atoms with Crippen LogP contribution in [0.4, 0.5) is 0 Å². The van der Waals surface area contributed by atoms with E-state index in [0.29, 0.717) is 0 Å². The van der Waals surface area contributed by atoms with Crippen molar-refractivity contribution in [2.75, 3.05) is 0 Å². The van der Waals surface area contributed by atoms with Crippen molar-refractivity contribution in [2.24, 2.45) is 0 Å². The van der Waals surface area contributed by atoms with Crippen LogP contribution in [0.1, 0.15) is 40.5 Å². The Hall–Kier alpha value is -0.710. The number of fused-ring (bicyclic) bond motifs is 1. The molecule has 0 aliphatic heterocycles. The maximum atomic E-state index is 3.99. The van der Waals surface area contributed by atoms with E-state index in [1.807, 2.05) is 38.4 Å². The summed E-state index contributed by atoms with van der Waals surface area (Å²) < 4.78 is 0. The van der Waals surface area contributed by atoms with E-state index in [9.17, 15) is 0 Å². The lowest BCUT2D eigenvalue weighted by Gasteiger charge is -1.91. The van der Waals surface area contributed by atoms with Crippen LogP contribution < -0.4 is 0 Å². The fourth-order valence-corrected chi connectivity index (χ4v) is 0.921. The molecule has 0 radical (unpaired) electrons. The van der Waals surface area contributed by atoms with Crippen molar-refractivity contribution >= 4 is 34.7 Å². The van der Waals surface area contributed by atoms with Gasteiger partial charge in [0.05, 0.1) is 0 Å². The lowest BCUT2D eigenvalue weighted by Crippen LogP contribution is -1.74. The molecule has 0 bridgehead atoms. The normalized spacial score (nSPS) is 8.00. The molecule has 0 aromatic carbocycles. The average molecular weight is 346 g/mol. The van der Waals surface area contributed by atoms with Gasteiger partial charge in [0, 0.05) is 35.6 Å². The molecule has 0 fully saturated rings. The molecular weight excluding hydrogens is 323 g/mol. The highest BCUT2D eigenvalue weighted by Gasteiger charge is 1.87. The minimum Gasteiger partial charge on any atom is -0.264 e. The van der Waals surface area contributed by atoms with Gasteiger partial charge in [-0.25, -0.2) is 0 Å². The van der Waals surface area contributed by atoms with Gasteiger partial charge >= 0.3 is 0 Å². The summed E-state index contributed by atoms with van der Waals surface area (Å²) in [6.45, 7) is 8.36. The van der Waals surface area contributed by atoms with Gasteiger partial charge in [0.2, 0.25) is 0 Å². The van der Waals surface area contributed by atoms with Gasteiger partial charge in [-0.1, -0.05) is 40.5 Å². The summed E-state index contributed by atoms with van der Waals surface area (Å²) in [7, 11) is 0. The van der Waals surface area contributed by atoms with Crippen LogP contribution >= 0.6 is 24.0 Å². The zero-order valence-corrected chi connectivity index (χ0v) is 13.5. The maximum Gasteiger partial charge on any atom is 0.0347 e. The first-order valence-electron chi connectivity index (χ1n) is 6.02. The maximum absolute atomic E-state index is 3.99. The van der Waals surface area contributed by atoms with Crippen molar-refractivity contribution in [3.63, 3.8) is 0 Å². The summed E-state index contributed by atoms with van der Waals surface area (Å²) in [4.78, 5) is 7.97. The van der Waals surface area contributed by atoms with Gasteiger partial charge in [-0.15, -0.1) is 24.0 Å². The van der Waals surface area contributed by atoms with Crippen molar-refractivity contribution < 1.29 is 0 Å². The highest BCUT2D eigenvalue weighted by atomic mass is 127. The van der Waals surface area contributed by atoms with E-state index in [1.54, 1.807) is 12.4 Å². The Morgan fingerprint density at radius 2 is 1.18 bits per heavy atom. The lowest BCUT2D eigenvalue weighted by molar-refractivity contribution is 0.886. The molecule has 2 nitrogen and oxygen atoms in total. The largest absolute Gasteiger partial charge is 0.264 e. The van der Waals surface area contributed by atoms with E-state index in [4.69, 9.17) is 0 Å². The number of hydrogen-bond acceptors (Lipinski definition) is 2. The Kier molecular flexibility index (Phi) is 14.7. The standard InChI is InChI=1S/C8H6N2.C4H10.C2H6.HI/c1-3-9-6-8-2-4-10-5-7(1)8;1-3-4-2;1-2;/h1-6H;3-4H2,1-2H3;1-2H3;1H. The Bertz CT molecular complexity index is 310. The number of pyridine rings is 2. The third-order valence-electron chi connectivity index (χ3n) is 1.94. The third kappa shape index (κ3) is 8.07. The van der Waals surface area contributed by atoms with Crippen LogP contribution in [0.3, 0.4) is 0 Å². The second-order valence-electron chi connectivity index (χ2n) is 3.10. The Balaban J connectivity index is 0. The first kappa shape index (κ1) is 18.6. The van der Waals surface area contributed by atoms with Crippen LogP contribution in [-0.4, -0.2) is 9.97 Å². The number of aromatic nitrogens is 2. The Labute approximate surface area is 122 Å². The monoisotopic (exact) mass is 346 g/mol. The van der Waals surface area contributed by atoms with Gasteiger partial charge in [0.15, 0.2) is 0 Å². The Morgan fingerprint density at radius 1 is 0.824 bits per heavy atom. The quantitative estimate of drug-likeness (QED) is 0.673. The SMILES string of the molecule is CC.CCCC.I.c1cc2cnccc2cn1. The van der Waals surface area contributed by atoms with Crippen LogP contribution in [0.5, 0.6) is 0 Å². The summed E-state index contributed by atoms with van der Waals surface area (Å²) in [5, 5.41) is 2.27. The highest BCUT2D eigenvalue weighted by molar-refractivity contribution is 14.0. The fraction of sp³-hybridized carbons (Fsp3) is 0.429.